The lowest BCUT2D eigenvalue weighted by molar-refractivity contribution is -0.121. The molecule has 3 atom stereocenters. The van der Waals surface area contributed by atoms with Gasteiger partial charge in [0.25, 0.3) is 0 Å². The Labute approximate surface area is 223 Å². The maximum atomic E-state index is 12.8. The van der Waals surface area contributed by atoms with E-state index in [9.17, 15) is 4.79 Å². The van der Waals surface area contributed by atoms with Crippen molar-refractivity contribution in [2.45, 2.75) is 45.2 Å². The molecule has 8 heteroatoms. The molecule has 2 heterocycles. The molecule has 2 aliphatic rings. The van der Waals surface area contributed by atoms with Crippen molar-refractivity contribution >= 4 is 28.9 Å². The lowest BCUT2D eigenvalue weighted by atomic mass is 9.99. The van der Waals surface area contributed by atoms with E-state index in [0.717, 1.165) is 33.8 Å². The van der Waals surface area contributed by atoms with Crippen molar-refractivity contribution in [2.24, 2.45) is 4.99 Å². The first kappa shape index (κ1) is 25.3. The number of carbonyl (C=O) groups is 1. The number of hydrazine groups is 1. The molecule has 0 aromatic heterocycles. The number of carbonyl (C=O) groups excluding carboxylic acids is 1. The summed E-state index contributed by atoms with van der Waals surface area (Å²) in [7, 11) is 2.01. The van der Waals surface area contributed by atoms with Crippen LogP contribution in [-0.2, 0) is 11.4 Å². The van der Waals surface area contributed by atoms with Gasteiger partial charge in [-0.3, -0.25) is 9.79 Å². The van der Waals surface area contributed by atoms with Crippen LogP contribution in [0, 0.1) is 0 Å². The van der Waals surface area contributed by atoms with Gasteiger partial charge in [-0.15, -0.1) is 0 Å². The van der Waals surface area contributed by atoms with Crippen LogP contribution in [0.25, 0.3) is 0 Å². The number of amides is 1. The number of halogens is 1. The number of nitrogens with one attached hydrogen (secondary N) is 2. The molecule has 2 aliphatic heterocycles. The first-order chi connectivity index (χ1) is 17.9. The molecule has 0 radical (unpaired) electrons. The van der Waals surface area contributed by atoms with E-state index >= 15 is 0 Å². The summed E-state index contributed by atoms with van der Waals surface area (Å²) >= 11 is 6.22. The van der Waals surface area contributed by atoms with Crippen molar-refractivity contribution in [3.05, 3.63) is 94.5 Å². The van der Waals surface area contributed by atoms with Crippen molar-refractivity contribution < 1.29 is 9.53 Å². The predicted molar refractivity (Wildman–Crippen MR) is 148 cm³/mol. The second-order valence-electron chi connectivity index (χ2n) is 9.40. The maximum absolute atomic E-state index is 12.8. The Kier molecular flexibility index (Phi) is 7.46. The summed E-state index contributed by atoms with van der Waals surface area (Å²) < 4.78 is 6.20. The number of hydrogen-bond acceptors (Lipinski definition) is 6. The molecule has 5 rings (SSSR count). The highest BCUT2D eigenvalue weighted by atomic mass is 35.5. The summed E-state index contributed by atoms with van der Waals surface area (Å²) in [5.74, 6) is 0.744. The molecule has 0 bridgehead atoms. The van der Waals surface area contributed by atoms with Crippen LogP contribution in [0.1, 0.15) is 37.0 Å². The molecular formula is C29H32ClN5O2. The van der Waals surface area contributed by atoms with Crippen LogP contribution >= 0.6 is 11.6 Å². The molecular weight excluding hydrogens is 486 g/mol. The van der Waals surface area contributed by atoms with Gasteiger partial charge in [-0.25, -0.2) is 10.4 Å². The van der Waals surface area contributed by atoms with Gasteiger partial charge in [0.1, 0.15) is 18.5 Å². The van der Waals surface area contributed by atoms with Gasteiger partial charge < -0.3 is 15.0 Å². The Bertz CT molecular complexity index is 1280. The molecule has 0 saturated carbocycles. The average Bonchev–Trinajstić information content (AvgIpc) is 3.11. The molecule has 3 aromatic rings. The van der Waals surface area contributed by atoms with E-state index in [0.29, 0.717) is 18.2 Å². The molecule has 37 heavy (non-hydrogen) atoms. The number of benzene rings is 3. The van der Waals surface area contributed by atoms with Crippen LogP contribution in [0.15, 0.2) is 77.8 Å². The van der Waals surface area contributed by atoms with Gasteiger partial charge in [-0.1, -0.05) is 54.1 Å². The van der Waals surface area contributed by atoms with Crippen LogP contribution in [0.3, 0.4) is 0 Å². The van der Waals surface area contributed by atoms with Gasteiger partial charge >= 0.3 is 0 Å². The summed E-state index contributed by atoms with van der Waals surface area (Å²) in [5, 5.41) is 5.66. The van der Waals surface area contributed by atoms with Crippen LogP contribution in [-0.4, -0.2) is 48.6 Å². The number of rotatable bonds is 7. The zero-order valence-corrected chi connectivity index (χ0v) is 22.1. The number of anilines is 1. The van der Waals surface area contributed by atoms with E-state index in [-0.39, 0.29) is 30.7 Å². The minimum atomic E-state index is -0.305. The van der Waals surface area contributed by atoms with Crippen molar-refractivity contribution in [2.75, 3.05) is 18.5 Å². The van der Waals surface area contributed by atoms with Crippen molar-refractivity contribution in [3.63, 3.8) is 0 Å². The number of likely N-dealkylation sites (N-methyl/N-ethyl adjacent to an activating group) is 1. The minimum absolute atomic E-state index is 0.0151. The molecule has 0 spiro atoms. The van der Waals surface area contributed by atoms with Gasteiger partial charge in [0, 0.05) is 35.4 Å². The minimum Gasteiger partial charge on any atom is -0.489 e. The summed E-state index contributed by atoms with van der Waals surface area (Å²) in [5.41, 5.74) is 8.35. The van der Waals surface area contributed by atoms with E-state index in [1.807, 2.05) is 74.6 Å². The summed E-state index contributed by atoms with van der Waals surface area (Å²) in [6.45, 7) is 5.11. The van der Waals surface area contributed by atoms with Gasteiger partial charge in [0.15, 0.2) is 0 Å². The standard InChI is InChI=1S/C29H32ClN5O2/c1-4-31-27(36)17-25-29-34(3)33-19(2)35(29)26-15-14-23(37-18-20-8-6-5-7-9-20)16-24(26)28(32-25)21-10-12-22(30)13-11-21/h5-16,19,25,29,33H,4,17-18H2,1-3H3,(H,31,36)/t19?,25-,29?/m0/s1. The van der Waals surface area contributed by atoms with E-state index < -0.39 is 0 Å². The molecule has 0 aliphatic carbocycles. The molecule has 2 N–H and O–H groups in total. The van der Waals surface area contributed by atoms with Gasteiger partial charge in [0.05, 0.1) is 24.3 Å². The average molecular weight is 518 g/mol. The van der Waals surface area contributed by atoms with Gasteiger partial charge in [-0.05, 0) is 49.7 Å². The first-order valence-electron chi connectivity index (χ1n) is 12.6. The fourth-order valence-corrected chi connectivity index (χ4v) is 5.28. The van der Waals surface area contributed by atoms with Gasteiger partial charge in [0.2, 0.25) is 5.91 Å². The highest BCUT2D eigenvalue weighted by Gasteiger charge is 2.44. The van der Waals surface area contributed by atoms with Crippen molar-refractivity contribution in [1.29, 1.82) is 0 Å². The highest BCUT2D eigenvalue weighted by molar-refractivity contribution is 6.30. The quantitative estimate of drug-likeness (QED) is 0.479. The Balaban J connectivity index is 1.61. The molecule has 192 valence electrons. The van der Waals surface area contributed by atoms with E-state index in [4.69, 9.17) is 21.3 Å². The Morgan fingerprint density at radius 1 is 1.11 bits per heavy atom. The monoisotopic (exact) mass is 517 g/mol. The Hall–Kier alpha value is -3.39. The third-order valence-electron chi connectivity index (χ3n) is 6.76. The molecule has 1 amide bonds. The predicted octanol–water partition coefficient (Wildman–Crippen LogP) is 4.59. The number of ether oxygens (including phenoxy) is 1. The lowest BCUT2D eigenvalue weighted by Gasteiger charge is -2.33. The molecule has 1 fully saturated rings. The van der Waals surface area contributed by atoms with Crippen molar-refractivity contribution in [3.8, 4) is 5.75 Å². The summed E-state index contributed by atoms with van der Waals surface area (Å²) in [6.07, 6.45) is 0.148. The second kappa shape index (κ2) is 10.9. The normalized spacial score (nSPS) is 21.0. The largest absolute Gasteiger partial charge is 0.489 e. The van der Waals surface area contributed by atoms with E-state index in [1.54, 1.807) is 0 Å². The summed E-state index contributed by atoms with van der Waals surface area (Å²) in [6, 6.07) is 23.7. The van der Waals surface area contributed by atoms with E-state index in [2.05, 4.69) is 39.7 Å². The molecule has 7 nitrogen and oxygen atoms in total. The molecule has 1 saturated heterocycles. The fourth-order valence-electron chi connectivity index (χ4n) is 5.15. The van der Waals surface area contributed by atoms with Crippen LogP contribution < -0.4 is 20.4 Å². The van der Waals surface area contributed by atoms with Crippen LogP contribution in [0.5, 0.6) is 5.75 Å². The molecule has 3 aromatic carbocycles. The lowest BCUT2D eigenvalue weighted by Crippen LogP contribution is -2.48. The number of fused-ring (bicyclic) bond motifs is 3. The maximum Gasteiger partial charge on any atom is 0.222 e. The van der Waals surface area contributed by atoms with Gasteiger partial charge in [-0.2, -0.15) is 0 Å². The topological polar surface area (TPSA) is 69.2 Å². The Morgan fingerprint density at radius 2 is 1.86 bits per heavy atom. The van der Waals surface area contributed by atoms with Crippen molar-refractivity contribution in [1.82, 2.24) is 15.8 Å². The third kappa shape index (κ3) is 5.34. The zero-order valence-electron chi connectivity index (χ0n) is 21.3. The molecule has 2 unspecified atom stereocenters. The highest BCUT2D eigenvalue weighted by Crippen LogP contribution is 2.38. The van der Waals surface area contributed by atoms with Crippen LogP contribution in [0.2, 0.25) is 5.02 Å². The number of hydrogen-bond donors (Lipinski definition) is 2. The fraction of sp³-hybridized carbons (Fsp3) is 0.310. The number of nitrogens with zero attached hydrogens (tertiary/aromatic N) is 3. The zero-order chi connectivity index (χ0) is 25.9. The van der Waals surface area contributed by atoms with E-state index in [1.165, 1.54) is 0 Å². The smallest absolute Gasteiger partial charge is 0.222 e. The Morgan fingerprint density at radius 3 is 2.59 bits per heavy atom. The SMILES string of the molecule is CCNC(=O)C[C@@H]1N=C(c2ccc(Cl)cc2)c2cc(OCc3ccccc3)ccc2N2C(C)NN(C)C12. The summed E-state index contributed by atoms with van der Waals surface area (Å²) in [4.78, 5) is 20.3. The van der Waals surface area contributed by atoms with Crippen LogP contribution in [0.4, 0.5) is 5.69 Å². The third-order valence-corrected chi connectivity index (χ3v) is 7.02. The number of aliphatic imine (C=N–C) groups is 1. The second-order valence-corrected chi connectivity index (χ2v) is 9.84. The first-order valence-corrected chi connectivity index (χ1v) is 13.0.